The van der Waals surface area contributed by atoms with Crippen LogP contribution in [0.3, 0.4) is 0 Å². The molecule has 1 aliphatic rings. The number of benzene rings is 1. The van der Waals surface area contributed by atoms with Crippen LogP contribution in [0.5, 0.6) is 0 Å². The van der Waals surface area contributed by atoms with Crippen molar-refractivity contribution in [2.24, 2.45) is 0 Å². The topological polar surface area (TPSA) is 53.1 Å². The predicted molar refractivity (Wildman–Crippen MR) is 88.2 cm³/mol. The minimum atomic E-state index is -0.282. The highest BCUT2D eigenvalue weighted by molar-refractivity contribution is 5.95. The molecule has 1 aliphatic heterocycles. The Bertz CT molecular complexity index is 557. The average molecular weight is 319 g/mol. The molecule has 0 aliphatic carbocycles. The molecular formula is C17H25N3O3. The molecule has 6 nitrogen and oxygen atoms in total. The van der Waals surface area contributed by atoms with E-state index in [1.54, 1.807) is 31.0 Å². The number of carbonyl (C=O) groups is 2. The number of likely N-dealkylation sites (N-methyl/N-ethyl adjacent to an activating group) is 2. The number of carbonyl (C=O) groups excluding carboxylic acids is 2. The molecule has 23 heavy (non-hydrogen) atoms. The van der Waals surface area contributed by atoms with Gasteiger partial charge in [-0.1, -0.05) is 12.1 Å². The van der Waals surface area contributed by atoms with Crippen molar-refractivity contribution in [2.75, 3.05) is 47.9 Å². The summed E-state index contributed by atoms with van der Waals surface area (Å²) in [6.07, 6.45) is 0. The van der Waals surface area contributed by atoms with Crippen molar-refractivity contribution >= 4 is 11.8 Å². The highest BCUT2D eigenvalue weighted by atomic mass is 16.5. The zero-order valence-corrected chi connectivity index (χ0v) is 14.3. The summed E-state index contributed by atoms with van der Waals surface area (Å²) in [5.74, 6) is -0.000865. The maximum absolute atomic E-state index is 12.7. The number of hydrogen-bond acceptors (Lipinski definition) is 4. The molecule has 0 bridgehead atoms. The van der Waals surface area contributed by atoms with Crippen LogP contribution in [0.25, 0.3) is 0 Å². The lowest BCUT2D eigenvalue weighted by Crippen LogP contribution is -2.58. The first kappa shape index (κ1) is 17.4. The zero-order chi connectivity index (χ0) is 17.0. The molecule has 2 amide bonds. The lowest BCUT2D eigenvalue weighted by molar-refractivity contribution is -0.135. The van der Waals surface area contributed by atoms with Gasteiger partial charge in [0.15, 0.2) is 0 Å². The Kier molecular flexibility index (Phi) is 5.74. The van der Waals surface area contributed by atoms with Crippen molar-refractivity contribution in [1.82, 2.24) is 14.7 Å². The summed E-state index contributed by atoms with van der Waals surface area (Å²) >= 11 is 0. The molecule has 0 N–H and O–H groups in total. The van der Waals surface area contributed by atoms with Gasteiger partial charge < -0.3 is 14.5 Å². The number of methoxy groups -OCH3 is 1. The summed E-state index contributed by atoms with van der Waals surface area (Å²) in [5, 5.41) is 0. The van der Waals surface area contributed by atoms with E-state index in [1.165, 1.54) is 0 Å². The van der Waals surface area contributed by atoms with Gasteiger partial charge in [0, 0.05) is 46.4 Å². The average Bonchev–Trinajstić information content (AvgIpc) is 2.55. The van der Waals surface area contributed by atoms with Gasteiger partial charge in [-0.25, -0.2) is 0 Å². The van der Waals surface area contributed by atoms with Crippen molar-refractivity contribution < 1.29 is 14.3 Å². The van der Waals surface area contributed by atoms with Crippen LogP contribution in [0.1, 0.15) is 15.9 Å². The van der Waals surface area contributed by atoms with Gasteiger partial charge in [-0.2, -0.15) is 0 Å². The second kappa shape index (κ2) is 7.57. The third-order valence-electron chi connectivity index (χ3n) is 4.17. The first-order chi connectivity index (χ1) is 10.9. The molecule has 1 atom stereocenters. The van der Waals surface area contributed by atoms with Gasteiger partial charge in [0.25, 0.3) is 5.91 Å². The van der Waals surface area contributed by atoms with Crippen LogP contribution in [0.15, 0.2) is 24.3 Å². The predicted octanol–water partition coefficient (Wildman–Crippen LogP) is 0.677. The Labute approximate surface area is 137 Å². The van der Waals surface area contributed by atoms with Gasteiger partial charge in [-0.3, -0.25) is 14.5 Å². The van der Waals surface area contributed by atoms with Crippen molar-refractivity contribution in [1.29, 1.82) is 0 Å². The maximum atomic E-state index is 12.7. The Balaban J connectivity index is 2.08. The van der Waals surface area contributed by atoms with Crippen molar-refractivity contribution in [3.8, 4) is 0 Å². The highest BCUT2D eigenvalue weighted by Crippen LogP contribution is 2.14. The Hall–Kier alpha value is -1.92. The number of hydrogen-bond donors (Lipinski definition) is 0. The zero-order valence-electron chi connectivity index (χ0n) is 14.3. The van der Waals surface area contributed by atoms with E-state index in [-0.39, 0.29) is 17.9 Å². The van der Waals surface area contributed by atoms with E-state index in [1.807, 2.05) is 36.2 Å². The summed E-state index contributed by atoms with van der Waals surface area (Å²) in [6, 6.07) is 7.15. The first-order valence-corrected chi connectivity index (χ1v) is 7.72. The molecule has 1 aromatic carbocycles. The molecule has 0 aromatic heterocycles. The molecule has 1 heterocycles. The Morgan fingerprint density at radius 1 is 1.22 bits per heavy atom. The molecule has 0 spiro atoms. The fraction of sp³-hybridized carbons (Fsp3) is 0.529. The normalized spacial score (nSPS) is 18.8. The van der Waals surface area contributed by atoms with E-state index in [0.29, 0.717) is 31.8 Å². The molecular weight excluding hydrogens is 294 g/mol. The first-order valence-electron chi connectivity index (χ1n) is 7.72. The van der Waals surface area contributed by atoms with Crippen molar-refractivity contribution in [3.63, 3.8) is 0 Å². The van der Waals surface area contributed by atoms with Crippen LogP contribution in [0, 0.1) is 0 Å². The summed E-state index contributed by atoms with van der Waals surface area (Å²) in [5.41, 5.74) is 1.67. The van der Waals surface area contributed by atoms with Crippen LogP contribution in [-0.4, -0.2) is 80.4 Å². The van der Waals surface area contributed by atoms with Crippen molar-refractivity contribution in [2.45, 2.75) is 12.6 Å². The second-order valence-corrected chi connectivity index (χ2v) is 6.11. The molecule has 0 unspecified atom stereocenters. The van der Waals surface area contributed by atoms with E-state index in [9.17, 15) is 9.59 Å². The lowest BCUT2D eigenvalue weighted by atomic mass is 10.1. The summed E-state index contributed by atoms with van der Waals surface area (Å²) in [4.78, 5) is 30.3. The fourth-order valence-corrected chi connectivity index (χ4v) is 2.72. The third-order valence-corrected chi connectivity index (χ3v) is 4.17. The van der Waals surface area contributed by atoms with Crippen LogP contribution >= 0.6 is 0 Å². The Morgan fingerprint density at radius 2 is 1.87 bits per heavy atom. The van der Waals surface area contributed by atoms with E-state index in [4.69, 9.17) is 4.74 Å². The summed E-state index contributed by atoms with van der Waals surface area (Å²) in [7, 11) is 7.05. The highest BCUT2D eigenvalue weighted by Gasteiger charge is 2.33. The van der Waals surface area contributed by atoms with Gasteiger partial charge in [0.05, 0.1) is 6.61 Å². The minimum Gasteiger partial charge on any atom is -0.380 e. The number of nitrogens with zero attached hydrogens (tertiary/aromatic N) is 3. The van der Waals surface area contributed by atoms with Crippen LogP contribution in [0.2, 0.25) is 0 Å². The number of piperazine rings is 1. The molecule has 1 fully saturated rings. The summed E-state index contributed by atoms with van der Waals surface area (Å²) < 4.78 is 5.08. The van der Waals surface area contributed by atoms with Gasteiger partial charge in [0.1, 0.15) is 6.04 Å². The van der Waals surface area contributed by atoms with Crippen LogP contribution in [0.4, 0.5) is 0 Å². The van der Waals surface area contributed by atoms with Gasteiger partial charge in [-0.05, 0) is 24.7 Å². The largest absolute Gasteiger partial charge is 0.380 e. The molecule has 1 aromatic rings. The van der Waals surface area contributed by atoms with Gasteiger partial charge >= 0.3 is 0 Å². The molecule has 6 heteroatoms. The van der Waals surface area contributed by atoms with Crippen molar-refractivity contribution in [3.05, 3.63) is 35.4 Å². The van der Waals surface area contributed by atoms with E-state index >= 15 is 0 Å². The second-order valence-electron chi connectivity index (χ2n) is 6.11. The quantitative estimate of drug-likeness (QED) is 0.819. The molecule has 2 rings (SSSR count). The summed E-state index contributed by atoms with van der Waals surface area (Å²) in [6.45, 7) is 2.28. The molecule has 0 saturated carbocycles. The van der Waals surface area contributed by atoms with E-state index < -0.39 is 0 Å². The smallest absolute Gasteiger partial charge is 0.253 e. The van der Waals surface area contributed by atoms with Gasteiger partial charge in [-0.15, -0.1) is 0 Å². The molecule has 0 radical (unpaired) electrons. The van der Waals surface area contributed by atoms with Crippen LogP contribution < -0.4 is 0 Å². The number of rotatable bonds is 4. The lowest BCUT2D eigenvalue weighted by Gasteiger charge is -2.39. The maximum Gasteiger partial charge on any atom is 0.253 e. The molecule has 1 saturated heterocycles. The standard InChI is InChI=1S/C17H25N3O3/c1-18(2)17(22)15-11-20(10-9-19(15)3)16(21)14-7-5-13(6-8-14)12-23-4/h5-8,15H,9-12H2,1-4H3/t15-/m0/s1. The SMILES string of the molecule is COCc1ccc(C(=O)N2CCN(C)[C@H](C(=O)N(C)C)C2)cc1. The Morgan fingerprint density at radius 3 is 2.43 bits per heavy atom. The third kappa shape index (κ3) is 4.09. The van der Waals surface area contributed by atoms with E-state index in [0.717, 1.165) is 5.56 Å². The van der Waals surface area contributed by atoms with Crippen LogP contribution in [-0.2, 0) is 16.1 Å². The number of amides is 2. The fourth-order valence-electron chi connectivity index (χ4n) is 2.72. The van der Waals surface area contributed by atoms with E-state index in [2.05, 4.69) is 0 Å². The van der Waals surface area contributed by atoms with Gasteiger partial charge in [0.2, 0.25) is 5.91 Å². The monoisotopic (exact) mass is 319 g/mol. The number of ether oxygens (including phenoxy) is 1. The minimum absolute atomic E-state index is 0.0282. The molecule has 126 valence electrons.